The van der Waals surface area contributed by atoms with Crippen LogP contribution in [0.2, 0.25) is 0 Å². The van der Waals surface area contributed by atoms with E-state index in [2.05, 4.69) is 4.72 Å². The Labute approximate surface area is 165 Å². The highest BCUT2D eigenvalue weighted by molar-refractivity contribution is 7.91. The molecule has 2 saturated carbocycles. The Bertz CT molecular complexity index is 906. The van der Waals surface area contributed by atoms with E-state index < -0.39 is 10.0 Å². The number of aliphatic hydroxyl groups excluding tert-OH is 1. The van der Waals surface area contributed by atoms with Gasteiger partial charge in [-0.3, -0.25) is 0 Å². The topological polar surface area (TPSA) is 69.6 Å². The van der Waals surface area contributed by atoms with Gasteiger partial charge in [0, 0.05) is 43.2 Å². The maximum Gasteiger partial charge on any atom is 0.250 e. The molecule has 0 spiro atoms. The molecule has 2 aliphatic rings. The fourth-order valence-corrected chi connectivity index (χ4v) is 7.32. The number of aliphatic hydroxyl groups is 1. The summed E-state index contributed by atoms with van der Waals surface area (Å²) in [5, 5.41) is 9.70. The van der Waals surface area contributed by atoms with Crippen LogP contribution in [0, 0.1) is 17.8 Å². The minimum atomic E-state index is -3.57. The van der Waals surface area contributed by atoms with Crippen molar-refractivity contribution < 1.29 is 13.5 Å². The quantitative estimate of drug-likeness (QED) is 0.773. The molecule has 146 valence electrons. The van der Waals surface area contributed by atoms with E-state index in [-0.39, 0.29) is 18.6 Å². The van der Waals surface area contributed by atoms with Crippen molar-refractivity contribution in [2.75, 3.05) is 25.6 Å². The molecule has 0 amide bonds. The number of fused-ring (bicyclic) bond motifs is 2. The van der Waals surface area contributed by atoms with Crippen molar-refractivity contribution in [1.29, 1.82) is 0 Å². The lowest BCUT2D eigenvalue weighted by Gasteiger charge is -2.29. The molecule has 4 rings (SSSR count). The van der Waals surface area contributed by atoms with Gasteiger partial charge in [0.2, 0.25) is 10.0 Å². The molecule has 1 aromatic heterocycles. The number of sulfonamides is 1. The van der Waals surface area contributed by atoms with Crippen LogP contribution in [0.25, 0.3) is 10.4 Å². The molecule has 2 bridgehead atoms. The molecular weight excluding hydrogens is 380 g/mol. The molecule has 7 heteroatoms. The maximum absolute atomic E-state index is 12.9. The molecule has 1 heterocycles. The van der Waals surface area contributed by atoms with Crippen molar-refractivity contribution >= 4 is 27.0 Å². The zero-order valence-electron chi connectivity index (χ0n) is 15.6. The molecule has 0 aliphatic heterocycles. The summed E-state index contributed by atoms with van der Waals surface area (Å²) in [6, 6.07) is 11.5. The summed E-state index contributed by atoms with van der Waals surface area (Å²) in [5.41, 5.74) is 2.12. The van der Waals surface area contributed by atoms with Gasteiger partial charge in [0.25, 0.3) is 0 Å². The van der Waals surface area contributed by atoms with Crippen LogP contribution in [0.15, 0.2) is 40.6 Å². The Morgan fingerprint density at radius 2 is 1.81 bits per heavy atom. The van der Waals surface area contributed by atoms with Crippen molar-refractivity contribution in [2.45, 2.75) is 29.5 Å². The number of rotatable bonds is 6. The predicted molar refractivity (Wildman–Crippen MR) is 110 cm³/mol. The van der Waals surface area contributed by atoms with Crippen molar-refractivity contribution in [2.24, 2.45) is 17.8 Å². The molecule has 0 saturated heterocycles. The fourth-order valence-electron chi connectivity index (χ4n) is 4.64. The summed E-state index contributed by atoms with van der Waals surface area (Å²) >= 11 is 1.29. The van der Waals surface area contributed by atoms with Crippen molar-refractivity contribution in [3.63, 3.8) is 0 Å². The smallest absolute Gasteiger partial charge is 0.250 e. The van der Waals surface area contributed by atoms with Gasteiger partial charge in [-0.15, -0.1) is 11.3 Å². The minimum absolute atomic E-state index is 0.0523. The molecular formula is C20H26N2O3S2. The summed E-state index contributed by atoms with van der Waals surface area (Å²) < 4.78 is 29.1. The second kappa shape index (κ2) is 7.20. The number of benzene rings is 1. The van der Waals surface area contributed by atoms with E-state index in [0.717, 1.165) is 35.4 Å². The van der Waals surface area contributed by atoms with Crippen LogP contribution in [-0.2, 0) is 10.0 Å². The summed E-state index contributed by atoms with van der Waals surface area (Å²) in [6.45, 7) is 0.0578. The first-order valence-corrected chi connectivity index (χ1v) is 11.7. The van der Waals surface area contributed by atoms with E-state index in [1.807, 2.05) is 49.3 Å². The second-order valence-electron chi connectivity index (χ2n) is 7.89. The highest BCUT2D eigenvalue weighted by atomic mass is 32.2. The Morgan fingerprint density at radius 1 is 1.11 bits per heavy atom. The van der Waals surface area contributed by atoms with Crippen LogP contribution in [0.1, 0.15) is 19.3 Å². The Kier molecular flexibility index (Phi) is 5.05. The van der Waals surface area contributed by atoms with Gasteiger partial charge in [-0.1, -0.05) is 12.1 Å². The molecule has 5 nitrogen and oxygen atoms in total. The highest BCUT2D eigenvalue weighted by Crippen LogP contribution is 2.48. The normalized spacial score (nSPS) is 27.2. The lowest BCUT2D eigenvalue weighted by atomic mass is 9.86. The number of thiophene rings is 1. The third kappa shape index (κ3) is 3.53. The van der Waals surface area contributed by atoms with Crippen LogP contribution in [0.5, 0.6) is 0 Å². The van der Waals surface area contributed by atoms with Gasteiger partial charge in [0.15, 0.2) is 0 Å². The molecule has 2 aliphatic carbocycles. The van der Waals surface area contributed by atoms with E-state index in [9.17, 15) is 13.5 Å². The van der Waals surface area contributed by atoms with E-state index in [4.69, 9.17) is 0 Å². The lowest BCUT2D eigenvalue weighted by molar-refractivity contribution is 0.153. The van der Waals surface area contributed by atoms with Crippen LogP contribution in [0.4, 0.5) is 5.69 Å². The first-order chi connectivity index (χ1) is 12.9. The van der Waals surface area contributed by atoms with Gasteiger partial charge in [0.1, 0.15) is 4.21 Å². The van der Waals surface area contributed by atoms with E-state index in [0.29, 0.717) is 16.0 Å². The molecule has 2 aromatic rings. The van der Waals surface area contributed by atoms with Crippen LogP contribution < -0.4 is 9.62 Å². The van der Waals surface area contributed by atoms with Crippen LogP contribution in [-0.4, -0.2) is 40.3 Å². The summed E-state index contributed by atoms with van der Waals surface area (Å²) in [6.07, 6.45) is 3.20. The molecule has 1 aromatic carbocycles. The third-order valence-corrected chi connectivity index (χ3v) is 9.19. The summed E-state index contributed by atoms with van der Waals surface area (Å²) in [4.78, 5) is 2.97. The number of nitrogens with zero attached hydrogens (tertiary/aromatic N) is 1. The van der Waals surface area contributed by atoms with Gasteiger partial charge in [-0.2, -0.15) is 0 Å². The standard InChI is InChI=1S/C20H26N2O3S2/c1-22(2)16-7-5-13(6-8-16)18-9-10-19(26-18)27(24,25)21-20-15-4-3-14(11-15)17(20)12-23/h5-10,14-15,17,20-21,23H,3-4,11-12H2,1-2H3. The second-order valence-corrected chi connectivity index (χ2v) is 10.9. The van der Waals surface area contributed by atoms with E-state index >= 15 is 0 Å². The number of hydrogen-bond acceptors (Lipinski definition) is 5. The highest BCUT2D eigenvalue weighted by Gasteiger charge is 2.48. The zero-order chi connectivity index (χ0) is 19.2. The van der Waals surface area contributed by atoms with Crippen molar-refractivity contribution in [3.05, 3.63) is 36.4 Å². The predicted octanol–water partition coefficient (Wildman–Crippen LogP) is 3.17. The van der Waals surface area contributed by atoms with E-state index in [1.165, 1.54) is 11.3 Å². The lowest BCUT2D eigenvalue weighted by Crippen LogP contribution is -2.44. The zero-order valence-corrected chi connectivity index (χ0v) is 17.3. The van der Waals surface area contributed by atoms with Gasteiger partial charge < -0.3 is 10.0 Å². The Morgan fingerprint density at radius 3 is 2.48 bits per heavy atom. The van der Waals surface area contributed by atoms with Gasteiger partial charge in [-0.05, 0) is 60.9 Å². The first-order valence-electron chi connectivity index (χ1n) is 9.40. The molecule has 4 atom stereocenters. The Balaban J connectivity index is 1.53. The average Bonchev–Trinajstić information content (AvgIpc) is 3.37. The fraction of sp³-hybridized carbons (Fsp3) is 0.500. The summed E-state index contributed by atoms with van der Waals surface area (Å²) in [7, 11) is 0.415. The largest absolute Gasteiger partial charge is 0.396 e. The molecule has 2 N–H and O–H groups in total. The van der Waals surface area contributed by atoms with Gasteiger partial charge in [0.05, 0.1) is 0 Å². The van der Waals surface area contributed by atoms with Gasteiger partial charge >= 0.3 is 0 Å². The maximum atomic E-state index is 12.9. The van der Waals surface area contributed by atoms with Gasteiger partial charge in [-0.25, -0.2) is 13.1 Å². The van der Waals surface area contributed by atoms with E-state index in [1.54, 1.807) is 6.07 Å². The number of anilines is 1. The average molecular weight is 407 g/mol. The monoisotopic (exact) mass is 406 g/mol. The number of hydrogen-bond donors (Lipinski definition) is 2. The first kappa shape index (κ1) is 18.9. The van der Waals surface area contributed by atoms with Crippen LogP contribution >= 0.6 is 11.3 Å². The van der Waals surface area contributed by atoms with Crippen LogP contribution in [0.3, 0.4) is 0 Å². The third-order valence-electron chi connectivity index (χ3n) is 6.10. The molecule has 4 unspecified atom stereocenters. The van der Waals surface area contributed by atoms with Crippen molar-refractivity contribution in [1.82, 2.24) is 4.72 Å². The van der Waals surface area contributed by atoms with Crippen molar-refractivity contribution in [3.8, 4) is 10.4 Å². The SMILES string of the molecule is CN(C)c1ccc(-c2ccc(S(=O)(=O)NC3C4CCC(C4)C3CO)s2)cc1. The Hall–Kier alpha value is -1.41. The molecule has 2 fully saturated rings. The molecule has 27 heavy (non-hydrogen) atoms. The minimum Gasteiger partial charge on any atom is -0.396 e. The number of nitrogens with one attached hydrogen (secondary N) is 1. The summed E-state index contributed by atoms with van der Waals surface area (Å²) in [5.74, 6) is 0.873. The molecule has 0 radical (unpaired) electrons.